The van der Waals surface area contributed by atoms with E-state index in [1.54, 1.807) is 4.90 Å². The minimum atomic E-state index is -0.471. The maximum Gasteiger partial charge on any atom is 0.410 e. The third-order valence-corrected chi connectivity index (χ3v) is 2.39. The molecule has 1 fully saturated rings. The highest BCUT2D eigenvalue weighted by molar-refractivity contribution is 5.69. The van der Waals surface area contributed by atoms with Gasteiger partial charge in [0.25, 0.3) is 0 Å². The van der Waals surface area contributed by atoms with Crippen molar-refractivity contribution in [3.8, 4) is 6.07 Å². The molecule has 4 nitrogen and oxygen atoms in total. The van der Waals surface area contributed by atoms with E-state index >= 15 is 0 Å². The Morgan fingerprint density at radius 2 is 2.13 bits per heavy atom. The van der Waals surface area contributed by atoms with Crippen LogP contribution in [0.15, 0.2) is 0 Å². The molecule has 84 valence electrons. The molecule has 1 amide bonds. The number of nitrogens with zero attached hydrogens (tertiary/aromatic N) is 2. The second-order valence-electron chi connectivity index (χ2n) is 5.04. The van der Waals surface area contributed by atoms with Gasteiger partial charge in [0.2, 0.25) is 0 Å². The molecule has 0 N–H and O–H groups in total. The number of likely N-dealkylation sites (tertiary alicyclic amines) is 1. The van der Waals surface area contributed by atoms with Crippen LogP contribution in [0.5, 0.6) is 0 Å². The number of carbonyl (C=O) groups excluding carboxylic acids is 1. The van der Waals surface area contributed by atoms with Crippen molar-refractivity contribution in [3.63, 3.8) is 0 Å². The Morgan fingerprint density at radius 1 is 1.53 bits per heavy atom. The summed E-state index contributed by atoms with van der Waals surface area (Å²) in [6.45, 7) is 7.96. The lowest BCUT2D eigenvalue weighted by atomic mass is 10.1. The Bertz CT molecular complexity index is 288. The van der Waals surface area contributed by atoms with Gasteiger partial charge in [-0.25, -0.2) is 4.79 Å². The number of ether oxygens (including phenoxy) is 1. The van der Waals surface area contributed by atoms with Crippen molar-refractivity contribution < 1.29 is 9.53 Å². The third kappa shape index (κ3) is 3.12. The molecule has 4 heteroatoms. The van der Waals surface area contributed by atoms with Gasteiger partial charge in [0.1, 0.15) is 5.60 Å². The minimum absolute atomic E-state index is 0.0486. The molecule has 0 aromatic carbocycles. The largest absolute Gasteiger partial charge is 0.444 e. The van der Waals surface area contributed by atoms with E-state index in [1.165, 1.54) is 0 Å². The van der Waals surface area contributed by atoms with E-state index in [1.807, 2.05) is 27.7 Å². The predicted molar refractivity (Wildman–Crippen MR) is 56.1 cm³/mol. The lowest BCUT2D eigenvalue weighted by molar-refractivity contribution is 0.0236. The van der Waals surface area contributed by atoms with E-state index in [2.05, 4.69) is 6.07 Å². The molecule has 1 heterocycles. The molecule has 1 rings (SSSR count). The van der Waals surface area contributed by atoms with Crippen LogP contribution in [0.2, 0.25) is 0 Å². The van der Waals surface area contributed by atoms with Crippen LogP contribution in [-0.4, -0.2) is 29.2 Å². The first-order valence-electron chi connectivity index (χ1n) is 5.22. The first-order valence-corrected chi connectivity index (χ1v) is 5.22. The molecule has 0 radical (unpaired) electrons. The van der Waals surface area contributed by atoms with E-state index in [0.717, 1.165) is 6.42 Å². The molecular formula is C11H18N2O2. The van der Waals surface area contributed by atoms with Crippen molar-refractivity contribution in [3.05, 3.63) is 0 Å². The molecule has 15 heavy (non-hydrogen) atoms. The lowest BCUT2D eigenvalue weighted by Gasteiger charge is -2.26. The Morgan fingerprint density at radius 3 is 2.53 bits per heavy atom. The second-order valence-corrected chi connectivity index (χ2v) is 5.04. The van der Waals surface area contributed by atoms with Crippen LogP contribution in [0.1, 0.15) is 34.1 Å². The normalized spacial score (nSPS) is 26.2. The first kappa shape index (κ1) is 11.8. The molecule has 1 saturated heterocycles. The first-order chi connectivity index (χ1) is 6.83. The Balaban J connectivity index is 2.59. The van der Waals surface area contributed by atoms with E-state index < -0.39 is 5.60 Å². The average molecular weight is 210 g/mol. The highest BCUT2D eigenvalue weighted by Gasteiger charge is 2.34. The topological polar surface area (TPSA) is 53.3 Å². The monoisotopic (exact) mass is 210 g/mol. The highest BCUT2D eigenvalue weighted by Crippen LogP contribution is 2.24. The molecule has 0 spiro atoms. The van der Waals surface area contributed by atoms with E-state index in [0.29, 0.717) is 6.54 Å². The van der Waals surface area contributed by atoms with Gasteiger partial charge in [-0.15, -0.1) is 0 Å². The number of nitriles is 1. The van der Waals surface area contributed by atoms with Crippen LogP contribution in [0.3, 0.4) is 0 Å². The molecule has 1 aliphatic heterocycles. The zero-order chi connectivity index (χ0) is 11.6. The zero-order valence-corrected chi connectivity index (χ0v) is 9.78. The summed E-state index contributed by atoms with van der Waals surface area (Å²) < 4.78 is 5.26. The van der Waals surface area contributed by atoms with Crippen LogP contribution >= 0.6 is 0 Å². The van der Waals surface area contributed by atoms with E-state index in [4.69, 9.17) is 10.00 Å². The van der Waals surface area contributed by atoms with Crippen LogP contribution < -0.4 is 0 Å². The molecule has 0 saturated carbocycles. The van der Waals surface area contributed by atoms with Gasteiger partial charge in [0.05, 0.1) is 12.0 Å². The SMILES string of the molecule is C[C@@H]1C[C@@H](C#N)CN1C(=O)OC(C)(C)C. The van der Waals surface area contributed by atoms with Crippen LogP contribution in [-0.2, 0) is 4.74 Å². The Hall–Kier alpha value is -1.24. The molecule has 1 aliphatic rings. The summed E-state index contributed by atoms with van der Waals surface area (Å²) in [6, 6.07) is 2.29. The molecule has 0 bridgehead atoms. The Kier molecular flexibility index (Phi) is 3.23. The van der Waals surface area contributed by atoms with Gasteiger partial charge in [-0.05, 0) is 34.1 Å². The summed E-state index contributed by atoms with van der Waals surface area (Å²) in [6.07, 6.45) is 0.434. The third-order valence-electron chi connectivity index (χ3n) is 2.39. The molecular weight excluding hydrogens is 192 g/mol. The zero-order valence-electron chi connectivity index (χ0n) is 9.78. The summed E-state index contributed by atoms with van der Waals surface area (Å²) >= 11 is 0. The van der Waals surface area contributed by atoms with Gasteiger partial charge in [0, 0.05) is 12.6 Å². The molecule has 2 atom stereocenters. The standard InChI is InChI=1S/C11H18N2O2/c1-8-5-9(6-12)7-13(8)10(14)15-11(2,3)4/h8-9H,5,7H2,1-4H3/t8-,9+/m1/s1. The van der Waals surface area contributed by atoms with Crippen molar-refractivity contribution in [1.82, 2.24) is 4.90 Å². The molecule has 0 aliphatic carbocycles. The van der Waals surface area contributed by atoms with Crippen LogP contribution in [0, 0.1) is 17.2 Å². The van der Waals surface area contributed by atoms with Gasteiger partial charge in [-0.2, -0.15) is 5.26 Å². The molecule has 0 aromatic rings. The molecule has 0 aromatic heterocycles. The van der Waals surface area contributed by atoms with Crippen molar-refractivity contribution in [2.24, 2.45) is 5.92 Å². The van der Waals surface area contributed by atoms with Gasteiger partial charge in [-0.1, -0.05) is 0 Å². The summed E-state index contributed by atoms with van der Waals surface area (Å²) in [5, 5.41) is 8.79. The van der Waals surface area contributed by atoms with E-state index in [-0.39, 0.29) is 18.1 Å². The quantitative estimate of drug-likeness (QED) is 0.615. The average Bonchev–Trinajstić information content (AvgIpc) is 2.43. The van der Waals surface area contributed by atoms with Gasteiger partial charge >= 0.3 is 6.09 Å². The fourth-order valence-corrected chi connectivity index (χ4v) is 1.70. The van der Waals surface area contributed by atoms with Crippen LogP contribution in [0.4, 0.5) is 4.79 Å². The predicted octanol–water partition coefficient (Wildman–Crippen LogP) is 2.16. The lowest BCUT2D eigenvalue weighted by Crippen LogP contribution is -2.38. The van der Waals surface area contributed by atoms with Crippen molar-refractivity contribution in [2.45, 2.75) is 45.8 Å². The number of carbonyl (C=O) groups is 1. The number of hydrogen-bond donors (Lipinski definition) is 0. The summed E-state index contributed by atoms with van der Waals surface area (Å²) in [4.78, 5) is 13.4. The number of rotatable bonds is 0. The summed E-state index contributed by atoms with van der Waals surface area (Å²) in [7, 11) is 0. The fourth-order valence-electron chi connectivity index (χ4n) is 1.70. The fraction of sp³-hybridized carbons (Fsp3) is 0.818. The van der Waals surface area contributed by atoms with Gasteiger partial charge in [-0.3, -0.25) is 0 Å². The highest BCUT2D eigenvalue weighted by atomic mass is 16.6. The van der Waals surface area contributed by atoms with Gasteiger partial charge < -0.3 is 9.64 Å². The van der Waals surface area contributed by atoms with Gasteiger partial charge in [0.15, 0.2) is 0 Å². The van der Waals surface area contributed by atoms with Crippen molar-refractivity contribution >= 4 is 6.09 Å². The smallest absolute Gasteiger partial charge is 0.410 e. The number of amides is 1. The minimum Gasteiger partial charge on any atom is -0.444 e. The van der Waals surface area contributed by atoms with E-state index in [9.17, 15) is 4.79 Å². The molecule has 0 unspecified atom stereocenters. The second kappa shape index (κ2) is 4.09. The number of hydrogen-bond acceptors (Lipinski definition) is 3. The summed E-state index contributed by atoms with van der Waals surface area (Å²) in [5.41, 5.74) is -0.471. The Labute approximate surface area is 90.8 Å². The van der Waals surface area contributed by atoms with Crippen molar-refractivity contribution in [2.75, 3.05) is 6.54 Å². The maximum atomic E-state index is 11.7. The summed E-state index contributed by atoms with van der Waals surface area (Å²) in [5.74, 6) is -0.0486. The van der Waals surface area contributed by atoms with Crippen LogP contribution in [0.25, 0.3) is 0 Å². The van der Waals surface area contributed by atoms with Crippen molar-refractivity contribution in [1.29, 1.82) is 5.26 Å². The maximum absolute atomic E-state index is 11.7.